The fourth-order valence-electron chi connectivity index (χ4n) is 9.67. The van der Waals surface area contributed by atoms with Gasteiger partial charge in [0.15, 0.2) is 0 Å². The summed E-state index contributed by atoms with van der Waals surface area (Å²) in [5.41, 5.74) is -2.06. The first-order valence-electron chi connectivity index (χ1n) is 14.2. The minimum absolute atomic E-state index is 0.0236. The second kappa shape index (κ2) is 9.66. The highest BCUT2D eigenvalue weighted by Crippen LogP contribution is 2.73. The Morgan fingerprint density at radius 1 is 0.974 bits per heavy atom. The van der Waals surface area contributed by atoms with Crippen LogP contribution in [0.5, 0.6) is 0 Å². The molecule has 1 saturated heterocycles. The van der Waals surface area contributed by atoms with Crippen LogP contribution in [0.4, 0.5) is 0 Å². The second-order valence-electron chi connectivity index (χ2n) is 13.4. The zero-order valence-corrected chi connectivity index (χ0v) is 22.7. The standard InChI is InChI=1S/C28H44O10/c1-15(30)36-14-28(35)13-27-10-7-18-25(2,19(27)6-5-16(28)11-27)8-4-9-26(18,3)24(34)38-23-22(33)21(32)20(31)17(12-29)37-23/h16-23,29,31-33,35H,4-14H2,1-3H3/t16-,17-,18+,19+,20-,21+,22-,23+,25-,26-,27+,28-/m1/s1. The van der Waals surface area contributed by atoms with Crippen molar-refractivity contribution in [1.29, 1.82) is 0 Å². The molecule has 0 aromatic heterocycles. The molecule has 0 unspecified atom stereocenters. The number of hydrogen-bond acceptors (Lipinski definition) is 10. The molecule has 4 aliphatic carbocycles. The van der Waals surface area contributed by atoms with Crippen LogP contribution in [0.25, 0.3) is 0 Å². The summed E-state index contributed by atoms with van der Waals surface area (Å²) >= 11 is 0. The van der Waals surface area contributed by atoms with Gasteiger partial charge < -0.3 is 39.7 Å². The van der Waals surface area contributed by atoms with Crippen LogP contribution >= 0.6 is 0 Å². The van der Waals surface area contributed by atoms with Gasteiger partial charge in [-0.05, 0) is 86.9 Å². The first-order chi connectivity index (χ1) is 17.8. The van der Waals surface area contributed by atoms with E-state index in [0.29, 0.717) is 18.8 Å². The Hall–Kier alpha value is -1.30. The smallest absolute Gasteiger partial charge is 0.314 e. The Kier molecular flexibility index (Phi) is 7.18. The van der Waals surface area contributed by atoms with Gasteiger partial charge in [0.05, 0.1) is 12.0 Å². The van der Waals surface area contributed by atoms with Crippen molar-refractivity contribution in [1.82, 2.24) is 0 Å². The fraction of sp³-hybridized carbons (Fsp3) is 0.929. The van der Waals surface area contributed by atoms with Gasteiger partial charge in [0.2, 0.25) is 6.29 Å². The highest BCUT2D eigenvalue weighted by Gasteiger charge is 2.69. The highest BCUT2D eigenvalue weighted by atomic mass is 16.7. The van der Waals surface area contributed by atoms with Crippen LogP contribution in [0.3, 0.4) is 0 Å². The quantitative estimate of drug-likeness (QED) is 0.318. The molecule has 5 fully saturated rings. The van der Waals surface area contributed by atoms with Crippen molar-refractivity contribution in [2.24, 2.45) is 34.0 Å². The Morgan fingerprint density at radius 3 is 2.39 bits per heavy atom. The Labute approximate surface area is 223 Å². The number of aliphatic hydroxyl groups is 5. The molecule has 1 spiro atoms. The summed E-state index contributed by atoms with van der Waals surface area (Å²) in [5, 5.41) is 51.7. The predicted molar refractivity (Wildman–Crippen MR) is 132 cm³/mol. The van der Waals surface area contributed by atoms with E-state index in [2.05, 4.69) is 6.92 Å². The topological polar surface area (TPSA) is 163 Å². The van der Waals surface area contributed by atoms with Crippen LogP contribution in [0.1, 0.15) is 78.6 Å². The number of carbonyl (C=O) groups excluding carboxylic acids is 2. The van der Waals surface area contributed by atoms with Crippen LogP contribution in [0.15, 0.2) is 0 Å². The van der Waals surface area contributed by atoms with Crippen molar-refractivity contribution in [2.75, 3.05) is 13.2 Å². The Balaban J connectivity index is 1.36. The monoisotopic (exact) mass is 540 g/mol. The lowest BCUT2D eigenvalue weighted by atomic mass is 9.41. The molecule has 2 bridgehead atoms. The van der Waals surface area contributed by atoms with E-state index < -0.39 is 54.3 Å². The molecule has 4 saturated carbocycles. The minimum Gasteiger partial charge on any atom is -0.463 e. The summed E-state index contributed by atoms with van der Waals surface area (Å²) in [6, 6.07) is 0. The summed E-state index contributed by atoms with van der Waals surface area (Å²) < 4.78 is 16.5. The highest BCUT2D eigenvalue weighted by molar-refractivity contribution is 5.77. The molecule has 10 nitrogen and oxygen atoms in total. The van der Waals surface area contributed by atoms with Gasteiger partial charge in [-0.25, -0.2) is 0 Å². The maximum atomic E-state index is 13.8. The zero-order valence-electron chi connectivity index (χ0n) is 22.7. The molecule has 5 rings (SSSR count). The van der Waals surface area contributed by atoms with Gasteiger partial charge in [-0.1, -0.05) is 13.3 Å². The van der Waals surface area contributed by atoms with Gasteiger partial charge in [0.1, 0.15) is 36.6 Å². The Bertz CT molecular complexity index is 941. The lowest BCUT2D eigenvalue weighted by Crippen LogP contribution is -2.61. The first-order valence-corrected chi connectivity index (χ1v) is 14.2. The molecular weight excluding hydrogens is 496 g/mol. The number of aliphatic hydroxyl groups excluding tert-OH is 4. The first kappa shape index (κ1) is 28.2. The lowest BCUT2D eigenvalue weighted by Gasteiger charge is -2.63. The maximum absolute atomic E-state index is 13.8. The van der Waals surface area contributed by atoms with E-state index in [4.69, 9.17) is 14.2 Å². The van der Waals surface area contributed by atoms with E-state index >= 15 is 0 Å². The molecule has 0 radical (unpaired) electrons. The predicted octanol–water partition coefficient (Wildman–Crippen LogP) is 1.04. The third-order valence-electron chi connectivity index (χ3n) is 11.4. The normalized spacial score (nSPS) is 52.0. The molecule has 12 atom stereocenters. The van der Waals surface area contributed by atoms with Crippen molar-refractivity contribution in [2.45, 2.75) is 115 Å². The molecule has 0 amide bonds. The number of rotatable bonds is 5. The van der Waals surface area contributed by atoms with Crippen molar-refractivity contribution >= 4 is 11.9 Å². The van der Waals surface area contributed by atoms with E-state index in [1.807, 2.05) is 6.92 Å². The Morgan fingerprint density at radius 2 is 1.71 bits per heavy atom. The minimum atomic E-state index is -1.63. The molecule has 216 valence electrons. The summed E-state index contributed by atoms with van der Waals surface area (Å²) in [5.74, 6) is -0.443. The summed E-state index contributed by atoms with van der Waals surface area (Å²) in [6.45, 7) is 5.02. The summed E-state index contributed by atoms with van der Waals surface area (Å²) in [7, 11) is 0. The number of esters is 2. The van der Waals surface area contributed by atoms with Crippen LogP contribution in [0.2, 0.25) is 0 Å². The molecule has 0 aromatic carbocycles. The summed E-state index contributed by atoms with van der Waals surface area (Å²) in [4.78, 5) is 25.3. The third-order valence-corrected chi connectivity index (χ3v) is 11.4. The van der Waals surface area contributed by atoms with Gasteiger partial charge in [0, 0.05) is 6.92 Å². The second-order valence-corrected chi connectivity index (χ2v) is 13.4. The van der Waals surface area contributed by atoms with Gasteiger partial charge in [-0.2, -0.15) is 0 Å². The SMILES string of the molecule is CC(=O)OC[C@]1(O)C[C@@]23CC[C@H]4[C@@](C)(CCC[C@@]4(C)C(=O)O[C@@H]4O[C@H](CO)[C@@H](O)[C@H](O)[C@H]4O)[C@@H]2CC[C@@H]1C3. The largest absolute Gasteiger partial charge is 0.463 e. The number of carbonyl (C=O) groups is 2. The summed E-state index contributed by atoms with van der Waals surface area (Å²) in [6.07, 6.45) is 0.0423. The molecule has 10 heteroatoms. The molecule has 5 N–H and O–H groups in total. The molecule has 0 aromatic rings. The van der Waals surface area contributed by atoms with Crippen molar-refractivity contribution in [3.63, 3.8) is 0 Å². The average molecular weight is 541 g/mol. The van der Waals surface area contributed by atoms with Gasteiger partial charge in [-0.3, -0.25) is 9.59 Å². The van der Waals surface area contributed by atoms with E-state index in [0.717, 1.165) is 44.9 Å². The fourth-order valence-corrected chi connectivity index (χ4v) is 9.67. The van der Waals surface area contributed by atoms with E-state index in [1.165, 1.54) is 6.92 Å². The molecule has 5 aliphatic rings. The van der Waals surface area contributed by atoms with E-state index in [1.54, 1.807) is 0 Å². The van der Waals surface area contributed by atoms with Crippen LogP contribution in [-0.2, 0) is 23.8 Å². The number of fused-ring (bicyclic) bond motifs is 3. The van der Waals surface area contributed by atoms with Gasteiger partial charge >= 0.3 is 11.9 Å². The van der Waals surface area contributed by atoms with Crippen molar-refractivity contribution < 1.29 is 49.3 Å². The average Bonchev–Trinajstić information content (AvgIpc) is 3.07. The van der Waals surface area contributed by atoms with Crippen molar-refractivity contribution in [3.8, 4) is 0 Å². The third kappa shape index (κ3) is 4.21. The van der Waals surface area contributed by atoms with Gasteiger partial charge in [-0.15, -0.1) is 0 Å². The van der Waals surface area contributed by atoms with Crippen LogP contribution < -0.4 is 0 Å². The lowest BCUT2D eigenvalue weighted by molar-refractivity contribution is -0.298. The zero-order chi connectivity index (χ0) is 27.7. The molecule has 1 heterocycles. The van der Waals surface area contributed by atoms with E-state index in [-0.39, 0.29) is 35.2 Å². The van der Waals surface area contributed by atoms with E-state index in [9.17, 15) is 35.1 Å². The molecular formula is C28H44O10. The van der Waals surface area contributed by atoms with Crippen molar-refractivity contribution in [3.05, 3.63) is 0 Å². The van der Waals surface area contributed by atoms with Crippen LogP contribution in [-0.4, -0.2) is 87.0 Å². The number of hydrogen-bond donors (Lipinski definition) is 5. The molecule has 38 heavy (non-hydrogen) atoms. The van der Waals surface area contributed by atoms with Crippen LogP contribution in [0, 0.1) is 34.0 Å². The maximum Gasteiger partial charge on any atom is 0.314 e. The molecule has 1 aliphatic heterocycles. The van der Waals surface area contributed by atoms with Gasteiger partial charge in [0.25, 0.3) is 0 Å². The number of ether oxygens (including phenoxy) is 3.